The van der Waals surface area contributed by atoms with Gasteiger partial charge in [0.05, 0.1) is 18.2 Å². The Morgan fingerprint density at radius 3 is 2.25 bits per heavy atom. The fourth-order valence-corrected chi connectivity index (χ4v) is 4.19. The quantitative estimate of drug-likeness (QED) is 0.425. The highest BCUT2D eigenvalue weighted by atomic mass is 16.5. The fraction of sp³-hybridized carbons (Fsp3) is 0.296. The van der Waals surface area contributed by atoms with Crippen molar-refractivity contribution in [3.8, 4) is 11.5 Å². The summed E-state index contributed by atoms with van der Waals surface area (Å²) in [6.07, 6.45) is 5.63. The van der Waals surface area contributed by atoms with Crippen LogP contribution < -0.4 is 9.64 Å². The number of carbonyl (C=O) groups excluding carboxylic acids is 2. The first-order valence-electron chi connectivity index (χ1n) is 11.2. The van der Waals surface area contributed by atoms with Crippen LogP contribution in [0.15, 0.2) is 79.0 Å². The Hall–Kier alpha value is -3.47. The van der Waals surface area contributed by atoms with Crippen molar-refractivity contribution in [1.82, 2.24) is 4.98 Å². The highest BCUT2D eigenvalue weighted by Gasteiger charge is 2.33. The molecule has 3 aromatic rings. The molecule has 1 heterocycles. The van der Waals surface area contributed by atoms with Crippen molar-refractivity contribution in [1.29, 1.82) is 0 Å². The summed E-state index contributed by atoms with van der Waals surface area (Å²) in [6, 6.07) is 22.6. The van der Waals surface area contributed by atoms with Crippen LogP contribution in [0.1, 0.15) is 38.3 Å². The van der Waals surface area contributed by atoms with Gasteiger partial charge in [0, 0.05) is 17.8 Å². The Morgan fingerprint density at radius 1 is 0.938 bits per heavy atom. The number of hydrogen-bond acceptors (Lipinski definition) is 4. The van der Waals surface area contributed by atoms with Crippen molar-refractivity contribution in [2.75, 3.05) is 4.90 Å². The van der Waals surface area contributed by atoms with Crippen molar-refractivity contribution in [2.45, 2.75) is 39.2 Å². The summed E-state index contributed by atoms with van der Waals surface area (Å²) in [5.41, 5.74) is 1.48. The number of ketones is 1. The number of amides is 1. The van der Waals surface area contributed by atoms with Gasteiger partial charge in [0.2, 0.25) is 5.91 Å². The summed E-state index contributed by atoms with van der Waals surface area (Å²) in [5.74, 6) is 0.624. The lowest BCUT2D eigenvalue weighted by molar-refractivity contribution is -0.134. The second-order valence-corrected chi connectivity index (χ2v) is 8.26. The average molecular weight is 429 g/mol. The molecule has 1 saturated carbocycles. The van der Waals surface area contributed by atoms with Crippen LogP contribution in [0.5, 0.6) is 11.5 Å². The van der Waals surface area contributed by atoms with E-state index in [0.29, 0.717) is 18.0 Å². The van der Waals surface area contributed by atoms with Crippen LogP contribution in [-0.4, -0.2) is 16.7 Å². The number of hydrogen-bond donors (Lipinski definition) is 0. The van der Waals surface area contributed by atoms with Gasteiger partial charge >= 0.3 is 0 Å². The number of ether oxygens (including phenoxy) is 1. The van der Waals surface area contributed by atoms with Gasteiger partial charge in [-0.25, -0.2) is 0 Å². The van der Waals surface area contributed by atoms with Crippen LogP contribution in [0.2, 0.25) is 0 Å². The largest absolute Gasteiger partial charge is 0.457 e. The van der Waals surface area contributed by atoms with Crippen LogP contribution in [0.4, 0.5) is 5.69 Å². The summed E-state index contributed by atoms with van der Waals surface area (Å²) in [6.45, 7) is 2.04. The summed E-state index contributed by atoms with van der Waals surface area (Å²) < 4.78 is 5.88. The van der Waals surface area contributed by atoms with Gasteiger partial charge in [0.25, 0.3) is 0 Å². The minimum absolute atomic E-state index is 0.00676. The van der Waals surface area contributed by atoms with Crippen molar-refractivity contribution in [2.24, 2.45) is 11.8 Å². The smallest absolute Gasteiger partial charge is 0.237 e. The molecule has 1 atom stereocenters. The summed E-state index contributed by atoms with van der Waals surface area (Å²) >= 11 is 0. The molecule has 0 saturated heterocycles. The Morgan fingerprint density at radius 2 is 1.59 bits per heavy atom. The third-order valence-corrected chi connectivity index (χ3v) is 5.99. The first-order valence-corrected chi connectivity index (χ1v) is 11.2. The van der Waals surface area contributed by atoms with E-state index < -0.39 is 5.92 Å². The fourth-order valence-electron chi connectivity index (χ4n) is 4.19. The molecule has 5 heteroatoms. The first-order chi connectivity index (χ1) is 15.6. The molecule has 1 amide bonds. The number of Topliss-reactive ketones (excluding diaryl/α,β-unsaturated/α-hetero) is 1. The van der Waals surface area contributed by atoms with E-state index in [-0.39, 0.29) is 17.6 Å². The number of pyridine rings is 1. The second-order valence-electron chi connectivity index (χ2n) is 8.26. The van der Waals surface area contributed by atoms with Crippen LogP contribution in [0.3, 0.4) is 0 Å². The number of benzene rings is 2. The zero-order valence-electron chi connectivity index (χ0n) is 18.3. The maximum atomic E-state index is 13.5. The van der Waals surface area contributed by atoms with Gasteiger partial charge in [0.1, 0.15) is 17.3 Å². The number of rotatable bonds is 8. The first kappa shape index (κ1) is 21.8. The zero-order chi connectivity index (χ0) is 22.3. The molecule has 2 aromatic carbocycles. The molecule has 0 radical (unpaired) electrons. The van der Waals surface area contributed by atoms with Crippen molar-refractivity contribution < 1.29 is 14.3 Å². The molecule has 1 aliphatic carbocycles. The van der Waals surface area contributed by atoms with Crippen LogP contribution in [0, 0.1) is 11.8 Å². The van der Waals surface area contributed by atoms with Crippen LogP contribution >= 0.6 is 0 Å². The van der Waals surface area contributed by atoms with E-state index in [0.717, 1.165) is 37.1 Å². The summed E-state index contributed by atoms with van der Waals surface area (Å²) in [4.78, 5) is 32.5. The molecule has 1 aromatic heterocycles. The molecule has 164 valence electrons. The van der Waals surface area contributed by atoms with E-state index in [4.69, 9.17) is 4.74 Å². The Bertz CT molecular complexity index is 1030. The number of anilines is 1. The zero-order valence-corrected chi connectivity index (χ0v) is 18.3. The molecule has 1 unspecified atom stereocenters. The lowest BCUT2D eigenvalue weighted by atomic mass is 9.91. The Kier molecular flexibility index (Phi) is 6.95. The Labute approximate surface area is 189 Å². The normalized spacial score (nSPS) is 14.7. The highest BCUT2D eigenvalue weighted by Crippen LogP contribution is 2.30. The Balaban J connectivity index is 1.56. The molecule has 1 fully saturated rings. The maximum absolute atomic E-state index is 13.5. The van der Waals surface area contributed by atoms with E-state index in [2.05, 4.69) is 4.98 Å². The van der Waals surface area contributed by atoms with Gasteiger partial charge in [-0.15, -0.1) is 0 Å². The predicted molar refractivity (Wildman–Crippen MR) is 125 cm³/mol. The second kappa shape index (κ2) is 10.2. The van der Waals surface area contributed by atoms with E-state index in [1.807, 2.05) is 72.8 Å². The van der Waals surface area contributed by atoms with Crippen molar-refractivity contribution in [3.05, 3.63) is 84.7 Å². The predicted octanol–water partition coefficient (Wildman–Crippen LogP) is 5.80. The number of nitrogens with zero attached hydrogens (tertiary/aromatic N) is 2. The monoisotopic (exact) mass is 428 g/mol. The van der Waals surface area contributed by atoms with E-state index in [1.165, 1.54) is 0 Å². The molecule has 0 spiro atoms. The molecule has 1 aliphatic rings. The molecule has 4 rings (SSSR count). The third kappa shape index (κ3) is 5.22. The van der Waals surface area contributed by atoms with Gasteiger partial charge < -0.3 is 9.64 Å². The van der Waals surface area contributed by atoms with Gasteiger partial charge in [0.15, 0.2) is 0 Å². The van der Waals surface area contributed by atoms with Crippen LogP contribution in [-0.2, 0) is 16.1 Å². The molecule has 0 N–H and O–H groups in total. The molecular formula is C27H28N2O3. The van der Waals surface area contributed by atoms with Gasteiger partial charge in [-0.05, 0) is 68.3 Å². The highest BCUT2D eigenvalue weighted by molar-refractivity contribution is 6.08. The van der Waals surface area contributed by atoms with E-state index >= 15 is 0 Å². The molecule has 0 bridgehead atoms. The molecular weight excluding hydrogens is 400 g/mol. The maximum Gasteiger partial charge on any atom is 0.237 e. The summed E-state index contributed by atoms with van der Waals surface area (Å²) in [7, 11) is 0. The average Bonchev–Trinajstić information content (AvgIpc) is 3.38. The standard InChI is InChI=1S/C27H28N2O3/c1-20(26(30)21-9-5-6-10-21)27(31)29(19-22-11-7-8-18-28-22)23-14-16-25(17-15-23)32-24-12-3-2-4-13-24/h2-4,7-8,11-18,20-21H,5-6,9-10,19H2,1H3. The lowest BCUT2D eigenvalue weighted by Crippen LogP contribution is -2.39. The molecule has 32 heavy (non-hydrogen) atoms. The third-order valence-electron chi connectivity index (χ3n) is 5.99. The lowest BCUT2D eigenvalue weighted by Gasteiger charge is -2.26. The minimum atomic E-state index is -0.679. The molecule has 0 aliphatic heterocycles. The SMILES string of the molecule is CC(C(=O)C1CCCC1)C(=O)N(Cc1ccccn1)c1ccc(Oc2ccccc2)cc1. The van der Waals surface area contributed by atoms with Crippen molar-refractivity contribution in [3.63, 3.8) is 0 Å². The topological polar surface area (TPSA) is 59.5 Å². The van der Waals surface area contributed by atoms with Crippen molar-refractivity contribution >= 4 is 17.4 Å². The minimum Gasteiger partial charge on any atom is -0.457 e. The van der Waals surface area contributed by atoms with Gasteiger partial charge in [-0.3, -0.25) is 14.6 Å². The number of carbonyl (C=O) groups is 2. The van der Waals surface area contributed by atoms with Crippen LogP contribution in [0.25, 0.3) is 0 Å². The van der Waals surface area contributed by atoms with Gasteiger partial charge in [-0.1, -0.05) is 37.1 Å². The number of para-hydroxylation sites is 1. The van der Waals surface area contributed by atoms with Gasteiger partial charge in [-0.2, -0.15) is 0 Å². The number of aromatic nitrogens is 1. The summed E-state index contributed by atoms with van der Waals surface area (Å²) in [5, 5.41) is 0. The van der Waals surface area contributed by atoms with E-state index in [9.17, 15) is 9.59 Å². The van der Waals surface area contributed by atoms with E-state index in [1.54, 1.807) is 18.0 Å². The molecule has 5 nitrogen and oxygen atoms in total.